The van der Waals surface area contributed by atoms with Gasteiger partial charge in [0.05, 0.1) is 11.9 Å². The predicted octanol–water partition coefficient (Wildman–Crippen LogP) is 4.46. The predicted molar refractivity (Wildman–Crippen MR) is 99.4 cm³/mol. The molecule has 5 nitrogen and oxygen atoms in total. The van der Waals surface area contributed by atoms with E-state index in [1.54, 1.807) is 48.9 Å². The lowest BCUT2D eigenvalue weighted by Gasteiger charge is -2.08. The van der Waals surface area contributed by atoms with Crippen LogP contribution in [0.1, 0.15) is 16.1 Å². The smallest absolute Gasteiger partial charge is 0.270 e. The third-order valence-electron chi connectivity index (χ3n) is 3.35. The summed E-state index contributed by atoms with van der Waals surface area (Å²) in [5, 5.41) is 7.03. The van der Waals surface area contributed by atoms with Crippen LogP contribution in [0.4, 0.5) is 11.4 Å². The van der Waals surface area contributed by atoms with Crippen molar-refractivity contribution >= 4 is 40.5 Å². The van der Waals surface area contributed by atoms with Crippen molar-refractivity contribution in [3.05, 3.63) is 82.4 Å². The fourth-order valence-corrected chi connectivity index (χ4v) is 2.69. The molecule has 2 aromatic heterocycles. The Balaban J connectivity index is 1.62. The van der Waals surface area contributed by atoms with Crippen LogP contribution >= 0.6 is 23.2 Å². The van der Waals surface area contributed by atoms with E-state index in [1.165, 1.54) is 0 Å². The largest absolute Gasteiger partial charge is 0.354 e. The van der Waals surface area contributed by atoms with Gasteiger partial charge >= 0.3 is 0 Å². The summed E-state index contributed by atoms with van der Waals surface area (Å²) in [6.45, 7) is 0.421. The molecule has 0 aliphatic heterocycles. The number of nitrogens with one attached hydrogen (secondary N) is 2. The third-order valence-corrected chi connectivity index (χ3v) is 3.79. The summed E-state index contributed by atoms with van der Waals surface area (Å²) in [4.78, 5) is 20.2. The van der Waals surface area contributed by atoms with E-state index in [1.807, 2.05) is 12.1 Å². The van der Waals surface area contributed by atoms with Gasteiger partial charge in [0.1, 0.15) is 5.69 Å². The summed E-state index contributed by atoms with van der Waals surface area (Å²) in [7, 11) is 0. The molecule has 0 unspecified atom stereocenters. The first-order valence-electron chi connectivity index (χ1n) is 7.46. The normalized spacial score (nSPS) is 10.3. The lowest BCUT2D eigenvalue weighted by atomic mass is 10.2. The molecule has 0 fully saturated rings. The van der Waals surface area contributed by atoms with Crippen LogP contribution < -0.4 is 10.6 Å². The van der Waals surface area contributed by atoms with Gasteiger partial charge in [-0.15, -0.1) is 0 Å². The molecule has 0 aliphatic rings. The van der Waals surface area contributed by atoms with E-state index in [2.05, 4.69) is 20.6 Å². The Morgan fingerprint density at radius 3 is 2.32 bits per heavy atom. The van der Waals surface area contributed by atoms with Crippen molar-refractivity contribution in [1.82, 2.24) is 15.3 Å². The Kier molecular flexibility index (Phi) is 5.48. The van der Waals surface area contributed by atoms with Crippen LogP contribution in [-0.2, 0) is 6.54 Å². The van der Waals surface area contributed by atoms with Crippen molar-refractivity contribution in [2.24, 2.45) is 0 Å². The molecule has 3 aromatic rings. The molecular formula is C18H14Cl2N4O. The van der Waals surface area contributed by atoms with Gasteiger partial charge in [-0.25, -0.2) is 4.98 Å². The molecule has 0 bridgehead atoms. The number of halogens is 2. The molecule has 0 saturated heterocycles. The van der Waals surface area contributed by atoms with Crippen LogP contribution in [-0.4, -0.2) is 15.9 Å². The molecule has 25 heavy (non-hydrogen) atoms. The first-order chi connectivity index (χ1) is 12.1. The van der Waals surface area contributed by atoms with Crippen LogP contribution in [0, 0.1) is 0 Å². The van der Waals surface area contributed by atoms with Gasteiger partial charge in [-0.2, -0.15) is 0 Å². The summed E-state index contributed by atoms with van der Waals surface area (Å²) < 4.78 is 0. The van der Waals surface area contributed by atoms with E-state index in [0.717, 1.165) is 16.9 Å². The van der Waals surface area contributed by atoms with E-state index in [4.69, 9.17) is 23.2 Å². The standard InChI is InChI=1S/C18H14Cl2N4O/c19-13-7-14(20)9-16(8-13)24-15-1-2-17(22-11-15)18(25)23-10-12-3-5-21-6-4-12/h1-9,11,24H,10H2,(H,23,25). The zero-order chi connectivity index (χ0) is 17.6. The number of carbonyl (C=O) groups is 1. The minimum atomic E-state index is -0.242. The number of amides is 1. The van der Waals surface area contributed by atoms with E-state index in [-0.39, 0.29) is 5.91 Å². The highest BCUT2D eigenvalue weighted by molar-refractivity contribution is 6.35. The van der Waals surface area contributed by atoms with E-state index < -0.39 is 0 Å². The molecule has 0 spiro atoms. The molecule has 1 amide bonds. The minimum Gasteiger partial charge on any atom is -0.354 e. The van der Waals surface area contributed by atoms with Gasteiger partial charge in [-0.1, -0.05) is 23.2 Å². The Bertz CT molecular complexity index is 850. The Morgan fingerprint density at radius 1 is 0.960 bits per heavy atom. The maximum absolute atomic E-state index is 12.1. The summed E-state index contributed by atoms with van der Waals surface area (Å²) in [5.74, 6) is -0.242. The van der Waals surface area contributed by atoms with Crippen molar-refractivity contribution in [3.63, 3.8) is 0 Å². The van der Waals surface area contributed by atoms with Gasteiger partial charge in [-0.3, -0.25) is 9.78 Å². The van der Waals surface area contributed by atoms with Crippen molar-refractivity contribution in [2.75, 3.05) is 5.32 Å². The molecule has 7 heteroatoms. The topological polar surface area (TPSA) is 66.9 Å². The first-order valence-corrected chi connectivity index (χ1v) is 8.22. The van der Waals surface area contributed by atoms with E-state index in [0.29, 0.717) is 22.3 Å². The number of hydrogen-bond acceptors (Lipinski definition) is 4. The van der Waals surface area contributed by atoms with Gasteiger partial charge in [0.25, 0.3) is 5.91 Å². The number of rotatable bonds is 5. The molecule has 0 aliphatic carbocycles. The molecule has 126 valence electrons. The molecule has 0 atom stereocenters. The molecule has 0 radical (unpaired) electrons. The fraction of sp³-hybridized carbons (Fsp3) is 0.0556. The number of hydrogen-bond donors (Lipinski definition) is 2. The summed E-state index contributed by atoms with van der Waals surface area (Å²) in [6, 6.07) is 12.3. The number of nitrogens with zero attached hydrogens (tertiary/aromatic N) is 2. The Hall–Kier alpha value is -2.63. The number of aromatic nitrogens is 2. The van der Waals surface area contributed by atoms with Gasteiger partial charge in [0.15, 0.2) is 0 Å². The number of anilines is 2. The number of benzene rings is 1. The van der Waals surface area contributed by atoms with Gasteiger partial charge < -0.3 is 10.6 Å². The highest BCUT2D eigenvalue weighted by Gasteiger charge is 2.07. The lowest BCUT2D eigenvalue weighted by molar-refractivity contribution is 0.0946. The molecule has 1 aromatic carbocycles. The maximum Gasteiger partial charge on any atom is 0.270 e. The summed E-state index contributed by atoms with van der Waals surface area (Å²) >= 11 is 11.9. The molecule has 0 saturated carbocycles. The molecule has 2 N–H and O–H groups in total. The van der Waals surface area contributed by atoms with Crippen molar-refractivity contribution < 1.29 is 4.79 Å². The quantitative estimate of drug-likeness (QED) is 0.693. The van der Waals surface area contributed by atoms with Crippen LogP contribution in [0.25, 0.3) is 0 Å². The van der Waals surface area contributed by atoms with Gasteiger partial charge in [0, 0.05) is 34.7 Å². The average Bonchev–Trinajstić information content (AvgIpc) is 2.60. The lowest BCUT2D eigenvalue weighted by Crippen LogP contribution is -2.23. The second-order valence-corrected chi connectivity index (χ2v) is 6.13. The Labute approximate surface area is 155 Å². The van der Waals surface area contributed by atoms with Gasteiger partial charge in [0.2, 0.25) is 0 Å². The average molecular weight is 373 g/mol. The number of pyridine rings is 2. The van der Waals surface area contributed by atoms with Crippen LogP contribution in [0.3, 0.4) is 0 Å². The van der Waals surface area contributed by atoms with Crippen molar-refractivity contribution in [3.8, 4) is 0 Å². The zero-order valence-electron chi connectivity index (χ0n) is 13.0. The second-order valence-electron chi connectivity index (χ2n) is 5.25. The minimum absolute atomic E-state index is 0.242. The molecular weight excluding hydrogens is 359 g/mol. The highest BCUT2D eigenvalue weighted by atomic mass is 35.5. The maximum atomic E-state index is 12.1. The SMILES string of the molecule is O=C(NCc1ccncc1)c1ccc(Nc2cc(Cl)cc(Cl)c2)cn1. The molecule has 3 rings (SSSR count). The summed E-state index contributed by atoms with van der Waals surface area (Å²) in [5.41, 5.74) is 2.78. The van der Waals surface area contributed by atoms with Crippen LogP contribution in [0.2, 0.25) is 10.0 Å². The van der Waals surface area contributed by atoms with Crippen LogP contribution in [0.5, 0.6) is 0 Å². The monoisotopic (exact) mass is 372 g/mol. The van der Waals surface area contributed by atoms with E-state index in [9.17, 15) is 4.79 Å². The van der Waals surface area contributed by atoms with Crippen molar-refractivity contribution in [2.45, 2.75) is 6.54 Å². The second kappa shape index (κ2) is 7.96. The summed E-state index contributed by atoms with van der Waals surface area (Å²) in [6.07, 6.45) is 4.95. The van der Waals surface area contributed by atoms with E-state index >= 15 is 0 Å². The zero-order valence-corrected chi connectivity index (χ0v) is 14.6. The first kappa shape index (κ1) is 17.2. The number of carbonyl (C=O) groups excluding carboxylic acids is 1. The highest BCUT2D eigenvalue weighted by Crippen LogP contribution is 2.25. The third kappa shape index (κ3) is 4.92. The molecule has 2 heterocycles. The fourth-order valence-electron chi connectivity index (χ4n) is 2.17. The van der Waals surface area contributed by atoms with Crippen LogP contribution in [0.15, 0.2) is 61.1 Å². The Morgan fingerprint density at radius 2 is 1.68 bits per heavy atom. The van der Waals surface area contributed by atoms with Gasteiger partial charge in [-0.05, 0) is 48.0 Å². The van der Waals surface area contributed by atoms with Crippen molar-refractivity contribution in [1.29, 1.82) is 0 Å².